The average Bonchev–Trinajstić information content (AvgIpc) is 2.95. The summed E-state index contributed by atoms with van der Waals surface area (Å²) in [6.07, 6.45) is 1.08. The second-order valence-corrected chi connectivity index (χ2v) is 5.84. The minimum absolute atomic E-state index is 0.0606. The van der Waals surface area contributed by atoms with Gasteiger partial charge in [0.2, 0.25) is 0 Å². The molecule has 2 amide bonds. The van der Waals surface area contributed by atoms with E-state index in [0.717, 1.165) is 26.1 Å². The number of hydrogen-bond acceptors (Lipinski definition) is 2. The highest BCUT2D eigenvalue weighted by molar-refractivity contribution is 6.42. The summed E-state index contributed by atoms with van der Waals surface area (Å²) >= 11 is 11.8. The predicted molar refractivity (Wildman–Crippen MR) is 77.0 cm³/mol. The van der Waals surface area contributed by atoms with E-state index in [0.29, 0.717) is 27.7 Å². The molecule has 19 heavy (non-hydrogen) atoms. The molecule has 0 saturated carbocycles. The molecule has 2 fully saturated rings. The molecule has 2 saturated heterocycles. The van der Waals surface area contributed by atoms with E-state index in [1.54, 1.807) is 18.2 Å². The Bertz CT molecular complexity index is 509. The molecular weight excluding hydrogens is 285 g/mol. The van der Waals surface area contributed by atoms with Crippen LogP contribution in [0.15, 0.2) is 18.2 Å². The maximum atomic E-state index is 12.3. The standard InChI is InChI=1S/C13H15Cl2N3O/c14-10-2-1-9(5-11(10)15)17-13(19)18-4-3-8-6-16-7-12(8)18/h1-2,5,8,12,16H,3-4,6-7H2,(H,17,19)/t8-,12+/m0/s1. The van der Waals surface area contributed by atoms with Crippen LogP contribution in [0.3, 0.4) is 0 Å². The molecule has 4 nitrogen and oxygen atoms in total. The lowest BCUT2D eigenvalue weighted by Crippen LogP contribution is -2.41. The van der Waals surface area contributed by atoms with Gasteiger partial charge < -0.3 is 15.5 Å². The van der Waals surface area contributed by atoms with Gasteiger partial charge in [-0.2, -0.15) is 0 Å². The second-order valence-electron chi connectivity index (χ2n) is 5.03. The lowest BCUT2D eigenvalue weighted by molar-refractivity contribution is 0.206. The molecule has 3 rings (SSSR count). The zero-order valence-corrected chi connectivity index (χ0v) is 11.8. The van der Waals surface area contributed by atoms with E-state index in [1.165, 1.54) is 0 Å². The monoisotopic (exact) mass is 299 g/mol. The van der Waals surface area contributed by atoms with Gasteiger partial charge in [-0.1, -0.05) is 23.2 Å². The van der Waals surface area contributed by atoms with E-state index in [9.17, 15) is 4.79 Å². The third-order valence-electron chi connectivity index (χ3n) is 3.88. The van der Waals surface area contributed by atoms with Gasteiger partial charge in [0.25, 0.3) is 0 Å². The second kappa shape index (κ2) is 5.19. The number of fused-ring (bicyclic) bond motifs is 1. The molecular formula is C13H15Cl2N3O. The van der Waals surface area contributed by atoms with Gasteiger partial charge in [0, 0.05) is 31.4 Å². The van der Waals surface area contributed by atoms with Crippen molar-refractivity contribution in [3.63, 3.8) is 0 Å². The van der Waals surface area contributed by atoms with Crippen molar-refractivity contribution >= 4 is 34.9 Å². The zero-order valence-electron chi connectivity index (χ0n) is 10.3. The molecule has 0 aliphatic carbocycles. The molecule has 102 valence electrons. The van der Waals surface area contributed by atoms with Gasteiger partial charge in [-0.15, -0.1) is 0 Å². The van der Waals surface area contributed by atoms with E-state index in [4.69, 9.17) is 23.2 Å². The van der Waals surface area contributed by atoms with Crippen LogP contribution in [0.5, 0.6) is 0 Å². The first-order valence-corrected chi connectivity index (χ1v) is 7.14. The van der Waals surface area contributed by atoms with Crippen molar-refractivity contribution in [1.82, 2.24) is 10.2 Å². The van der Waals surface area contributed by atoms with Crippen LogP contribution in [-0.4, -0.2) is 36.6 Å². The van der Waals surface area contributed by atoms with Crippen molar-refractivity contribution in [3.05, 3.63) is 28.2 Å². The van der Waals surface area contributed by atoms with Crippen molar-refractivity contribution in [2.75, 3.05) is 25.0 Å². The van der Waals surface area contributed by atoms with Gasteiger partial charge in [-0.25, -0.2) is 4.79 Å². The van der Waals surface area contributed by atoms with E-state index in [1.807, 2.05) is 4.90 Å². The van der Waals surface area contributed by atoms with Crippen molar-refractivity contribution in [1.29, 1.82) is 0 Å². The topological polar surface area (TPSA) is 44.4 Å². The van der Waals surface area contributed by atoms with Crippen LogP contribution < -0.4 is 10.6 Å². The van der Waals surface area contributed by atoms with Gasteiger partial charge in [0.1, 0.15) is 0 Å². The highest BCUT2D eigenvalue weighted by Crippen LogP contribution is 2.29. The normalized spacial score (nSPS) is 25.5. The molecule has 0 radical (unpaired) electrons. The number of carbonyl (C=O) groups excluding carboxylic acids is 1. The molecule has 0 unspecified atom stereocenters. The maximum absolute atomic E-state index is 12.3. The summed E-state index contributed by atoms with van der Waals surface area (Å²) in [5, 5.41) is 7.14. The van der Waals surface area contributed by atoms with Gasteiger partial charge >= 0.3 is 6.03 Å². The Morgan fingerprint density at radius 3 is 2.95 bits per heavy atom. The van der Waals surface area contributed by atoms with Crippen molar-refractivity contribution in [2.24, 2.45) is 5.92 Å². The zero-order chi connectivity index (χ0) is 13.4. The largest absolute Gasteiger partial charge is 0.322 e. The number of likely N-dealkylation sites (tertiary alicyclic amines) is 1. The number of carbonyl (C=O) groups is 1. The molecule has 0 bridgehead atoms. The summed E-state index contributed by atoms with van der Waals surface area (Å²) in [5.74, 6) is 0.597. The van der Waals surface area contributed by atoms with Gasteiger partial charge in [0.15, 0.2) is 0 Å². The van der Waals surface area contributed by atoms with E-state index < -0.39 is 0 Å². The van der Waals surface area contributed by atoms with Gasteiger partial charge in [-0.05, 0) is 30.5 Å². The number of amides is 2. The number of benzene rings is 1. The third kappa shape index (κ3) is 2.53. The van der Waals surface area contributed by atoms with Crippen LogP contribution in [0.1, 0.15) is 6.42 Å². The summed E-state index contributed by atoms with van der Waals surface area (Å²) in [6.45, 7) is 2.73. The first kappa shape index (κ1) is 13.0. The smallest absolute Gasteiger partial charge is 0.320 e. The number of nitrogens with one attached hydrogen (secondary N) is 2. The Labute approximate surface area is 122 Å². The predicted octanol–water partition coefficient (Wildman–Crippen LogP) is 2.82. The van der Waals surface area contributed by atoms with Crippen LogP contribution in [0.2, 0.25) is 10.0 Å². The summed E-state index contributed by atoms with van der Waals surface area (Å²) in [6, 6.07) is 5.37. The van der Waals surface area contributed by atoms with Crippen LogP contribution in [0, 0.1) is 5.92 Å². The van der Waals surface area contributed by atoms with Crippen LogP contribution in [0.25, 0.3) is 0 Å². The lowest BCUT2D eigenvalue weighted by atomic mass is 10.1. The fourth-order valence-corrected chi connectivity index (χ4v) is 3.17. The first-order chi connectivity index (χ1) is 9.15. The molecule has 0 aromatic heterocycles. The number of hydrogen-bond donors (Lipinski definition) is 2. The fraction of sp³-hybridized carbons (Fsp3) is 0.462. The summed E-state index contributed by atoms with van der Waals surface area (Å²) in [5.41, 5.74) is 0.675. The third-order valence-corrected chi connectivity index (χ3v) is 4.62. The van der Waals surface area contributed by atoms with E-state index in [-0.39, 0.29) is 6.03 Å². The van der Waals surface area contributed by atoms with E-state index in [2.05, 4.69) is 10.6 Å². The van der Waals surface area contributed by atoms with Crippen LogP contribution in [-0.2, 0) is 0 Å². The quantitative estimate of drug-likeness (QED) is 0.837. The Morgan fingerprint density at radius 1 is 1.32 bits per heavy atom. The number of urea groups is 1. The van der Waals surface area contributed by atoms with Gasteiger partial charge in [0.05, 0.1) is 10.0 Å². The molecule has 6 heteroatoms. The average molecular weight is 300 g/mol. The van der Waals surface area contributed by atoms with E-state index >= 15 is 0 Å². The van der Waals surface area contributed by atoms with Crippen molar-refractivity contribution < 1.29 is 4.79 Å². The highest BCUT2D eigenvalue weighted by atomic mass is 35.5. The van der Waals surface area contributed by atoms with Crippen molar-refractivity contribution in [3.8, 4) is 0 Å². The SMILES string of the molecule is O=C(Nc1ccc(Cl)c(Cl)c1)N1CC[C@H]2CNC[C@H]21. The Balaban J connectivity index is 1.69. The minimum atomic E-state index is -0.0606. The molecule has 2 heterocycles. The molecule has 2 N–H and O–H groups in total. The minimum Gasteiger partial charge on any atom is -0.320 e. The Morgan fingerprint density at radius 2 is 2.16 bits per heavy atom. The molecule has 1 aromatic rings. The van der Waals surface area contributed by atoms with Crippen LogP contribution >= 0.6 is 23.2 Å². The fourth-order valence-electron chi connectivity index (χ4n) is 2.87. The maximum Gasteiger partial charge on any atom is 0.322 e. The van der Waals surface area contributed by atoms with Gasteiger partial charge in [-0.3, -0.25) is 0 Å². The molecule has 2 atom stereocenters. The first-order valence-electron chi connectivity index (χ1n) is 6.38. The Hall–Kier alpha value is -0.970. The molecule has 1 aromatic carbocycles. The summed E-state index contributed by atoms with van der Waals surface area (Å²) in [4.78, 5) is 14.2. The number of anilines is 1. The molecule has 2 aliphatic heterocycles. The number of halogens is 2. The number of rotatable bonds is 1. The highest BCUT2D eigenvalue weighted by Gasteiger charge is 2.39. The lowest BCUT2D eigenvalue weighted by Gasteiger charge is -2.23. The molecule has 2 aliphatic rings. The Kier molecular flexibility index (Phi) is 3.56. The summed E-state index contributed by atoms with van der Waals surface area (Å²) in [7, 11) is 0. The summed E-state index contributed by atoms with van der Waals surface area (Å²) < 4.78 is 0. The molecule has 0 spiro atoms. The van der Waals surface area contributed by atoms with Crippen molar-refractivity contribution in [2.45, 2.75) is 12.5 Å². The van der Waals surface area contributed by atoms with Crippen LogP contribution in [0.4, 0.5) is 10.5 Å². The number of nitrogens with zero attached hydrogens (tertiary/aromatic N) is 1.